The SMILES string of the molecule is CCCc1cc(NCCNC(=O)OC(C)(C)C)ncn1. The van der Waals surface area contributed by atoms with E-state index in [0.717, 1.165) is 24.4 Å². The minimum atomic E-state index is -0.473. The number of carbonyl (C=O) groups excluding carboxylic acids is 1. The molecule has 1 amide bonds. The van der Waals surface area contributed by atoms with E-state index in [1.165, 1.54) is 0 Å². The molecule has 0 bridgehead atoms. The first kappa shape index (κ1) is 16.2. The first-order valence-electron chi connectivity index (χ1n) is 6.92. The first-order valence-corrected chi connectivity index (χ1v) is 6.92. The number of nitrogens with one attached hydrogen (secondary N) is 2. The maximum Gasteiger partial charge on any atom is 0.407 e. The Morgan fingerprint density at radius 2 is 2.05 bits per heavy atom. The van der Waals surface area contributed by atoms with Crippen LogP contribution in [0.3, 0.4) is 0 Å². The number of amides is 1. The first-order chi connectivity index (χ1) is 9.40. The molecule has 0 aliphatic heterocycles. The van der Waals surface area contributed by atoms with Gasteiger partial charge in [0.1, 0.15) is 17.7 Å². The number of ether oxygens (including phenoxy) is 1. The van der Waals surface area contributed by atoms with Crippen LogP contribution < -0.4 is 10.6 Å². The fourth-order valence-electron chi connectivity index (χ4n) is 1.56. The van der Waals surface area contributed by atoms with Crippen LogP contribution in [0.4, 0.5) is 10.6 Å². The Morgan fingerprint density at radius 3 is 2.70 bits per heavy atom. The van der Waals surface area contributed by atoms with Crippen LogP contribution in [0.15, 0.2) is 12.4 Å². The van der Waals surface area contributed by atoms with Gasteiger partial charge in [0, 0.05) is 24.8 Å². The molecule has 6 heteroatoms. The zero-order chi connectivity index (χ0) is 15.0. The topological polar surface area (TPSA) is 76.1 Å². The average molecular weight is 280 g/mol. The highest BCUT2D eigenvalue weighted by Gasteiger charge is 2.15. The van der Waals surface area contributed by atoms with Crippen LogP contribution in [0.5, 0.6) is 0 Å². The standard InChI is InChI=1S/C14H24N4O2/c1-5-6-11-9-12(18-10-17-11)15-7-8-16-13(19)20-14(2,3)4/h9-10H,5-8H2,1-4H3,(H,16,19)(H,15,17,18). The molecule has 1 aromatic rings. The monoisotopic (exact) mass is 280 g/mol. The molecule has 1 aromatic heterocycles. The van der Waals surface area contributed by atoms with Gasteiger partial charge in [-0.3, -0.25) is 0 Å². The molecule has 0 saturated carbocycles. The van der Waals surface area contributed by atoms with Crippen molar-refractivity contribution >= 4 is 11.9 Å². The lowest BCUT2D eigenvalue weighted by atomic mass is 10.2. The van der Waals surface area contributed by atoms with Crippen LogP contribution in [0.2, 0.25) is 0 Å². The van der Waals surface area contributed by atoms with Crippen molar-refractivity contribution in [2.45, 2.75) is 46.1 Å². The van der Waals surface area contributed by atoms with Gasteiger partial charge in [0.2, 0.25) is 0 Å². The second-order valence-corrected chi connectivity index (χ2v) is 5.50. The molecule has 112 valence electrons. The van der Waals surface area contributed by atoms with E-state index in [4.69, 9.17) is 4.74 Å². The van der Waals surface area contributed by atoms with Crippen molar-refractivity contribution in [3.63, 3.8) is 0 Å². The highest BCUT2D eigenvalue weighted by Crippen LogP contribution is 2.07. The molecule has 0 fully saturated rings. The number of nitrogens with zero attached hydrogens (tertiary/aromatic N) is 2. The number of anilines is 1. The van der Waals surface area contributed by atoms with Gasteiger partial charge in [-0.15, -0.1) is 0 Å². The highest BCUT2D eigenvalue weighted by molar-refractivity contribution is 5.67. The number of rotatable bonds is 6. The third-order valence-electron chi connectivity index (χ3n) is 2.33. The number of carbonyl (C=O) groups is 1. The largest absolute Gasteiger partial charge is 0.444 e. The van der Waals surface area contributed by atoms with Gasteiger partial charge in [-0.05, 0) is 27.2 Å². The van der Waals surface area contributed by atoms with Gasteiger partial charge >= 0.3 is 6.09 Å². The zero-order valence-electron chi connectivity index (χ0n) is 12.7. The fourth-order valence-corrected chi connectivity index (χ4v) is 1.56. The zero-order valence-corrected chi connectivity index (χ0v) is 12.7. The third-order valence-corrected chi connectivity index (χ3v) is 2.33. The molecule has 20 heavy (non-hydrogen) atoms. The van der Waals surface area contributed by atoms with E-state index in [1.54, 1.807) is 6.33 Å². The Balaban J connectivity index is 2.27. The molecular weight excluding hydrogens is 256 g/mol. The number of alkyl carbamates (subject to hydrolysis) is 1. The van der Waals surface area contributed by atoms with E-state index in [0.29, 0.717) is 13.1 Å². The van der Waals surface area contributed by atoms with E-state index in [9.17, 15) is 4.79 Å². The molecule has 0 unspecified atom stereocenters. The third kappa shape index (κ3) is 6.92. The summed E-state index contributed by atoms with van der Waals surface area (Å²) in [7, 11) is 0. The van der Waals surface area contributed by atoms with Crippen LogP contribution in [-0.4, -0.2) is 34.8 Å². The average Bonchev–Trinajstić information content (AvgIpc) is 2.33. The Bertz CT molecular complexity index is 429. The number of hydrogen-bond donors (Lipinski definition) is 2. The summed E-state index contributed by atoms with van der Waals surface area (Å²) in [5.41, 5.74) is 0.546. The van der Waals surface area contributed by atoms with E-state index in [1.807, 2.05) is 26.8 Å². The molecule has 0 aliphatic carbocycles. The van der Waals surface area contributed by atoms with Gasteiger partial charge in [0.15, 0.2) is 0 Å². The lowest BCUT2D eigenvalue weighted by Gasteiger charge is -2.19. The second kappa shape index (κ2) is 7.67. The summed E-state index contributed by atoms with van der Waals surface area (Å²) in [5.74, 6) is 0.773. The van der Waals surface area contributed by atoms with Gasteiger partial charge in [-0.1, -0.05) is 13.3 Å². The molecule has 0 atom stereocenters. The number of aryl methyl sites for hydroxylation is 1. The second-order valence-electron chi connectivity index (χ2n) is 5.50. The number of hydrogen-bond acceptors (Lipinski definition) is 5. The van der Waals surface area contributed by atoms with Crippen LogP contribution in [0, 0.1) is 0 Å². The summed E-state index contributed by atoms with van der Waals surface area (Å²) < 4.78 is 5.14. The molecule has 0 saturated heterocycles. The summed E-state index contributed by atoms with van der Waals surface area (Å²) in [6.45, 7) is 8.67. The van der Waals surface area contributed by atoms with Crippen molar-refractivity contribution in [2.75, 3.05) is 18.4 Å². The van der Waals surface area contributed by atoms with Gasteiger partial charge in [0.25, 0.3) is 0 Å². The minimum absolute atomic E-state index is 0.409. The molecule has 1 rings (SSSR count). The fraction of sp³-hybridized carbons (Fsp3) is 0.643. The lowest BCUT2D eigenvalue weighted by molar-refractivity contribution is 0.0530. The molecule has 0 radical (unpaired) electrons. The normalized spacial score (nSPS) is 11.0. The quantitative estimate of drug-likeness (QED) is 0.782. The number of aromatic nitrogens is 2. The predicted octanol–water partition coefficient (Wildman–Crippen LogP) is 2.37. The van der Waals surface area contributed by atoms with Gasteiger partial charge in [-0.25, -0.2) is 14.8 Å². The summed E-state index contributed by atoms with van der Waals surface area (Å²) in [5, 5.41) is 5.82. The van der Waals surface area contributed by atoms with Gasteiger partial charge < -0.3 is 15.4 Å². The molecule has 2 N–H and O–H groups in total. The van der Waals surface area contributed by atoms with E-state index in [2.05, 4.69) is 27.5 Å². The van der Waals surface area contributed by atoms with Crippen molar-refractivity contribution in [2.24, 2.45) is 0 Å². The maximum absolute atomic E-state index is 11.4. The Hall–Kier alpha value is -1.85. The van der Waals surface area contributed by atoms with E-state index >= 15 is 0 Å². The Morgan fingerprint density at radius 1 is 1.30 bits per heavy atom. The van der Waals surface area contributed by atoms with Crippen LogP contribution >= 0.6 is 0 Å². The van der Waals surface area contributed by atoms with Crippen molar-refractivity contribution in [1.29, 1.82) is 0 Å². The minimum Gasteiger partial charge on any atom is -0.444 e. The van der Waals surface area contributed by atoms with Gasteiger partial charge in [-0.2, -0.15) is 0 Å². The summed E-state index contributed by atoms with van der Waals surface area (Å²) in [4.78, 5) is 19.7. The molecule has 0 spiro atoms. The van der Waals surface area contributed by atoms with Gasteiger partial charge in [0.05, 0.1) is 0 Å². The maximum atomic E-state index is 11.4. The van der Waals surface area contributed by atoms with E-state index < -0.39 is 11.7 Å². The summed E-state index contributed by atoms with van der Waals surface area (Å²) >= 11 is 0. The van der Waals surface area contributed by atoms with Crippen molar-refractivity contribution in [3.05, 3.63) is 18.1 Å². The molecule has 1 heterocycles. The van der Waals surface area contributed by atoms with Crippen LogP contribution in [0.25, 0.3) is 0 Å². The highest BCUT2D eigenvalue weighted by atomic mass is 16.6. The van der Waals surface area contributed by atoms with Crippen molar-refractivity contribution in [1.82, 2.24) is 15.3 Å². The molecule has 0 aromatic carbocycles. The summed E-state index contributed by atoms with van der Waals surface area (Å²) in [6, 6.07) is 1.93. The predicted molar refractivity (Wildman–Crippen MR) is 78.8 cm³/mol. The van der Waals surface area contributed by atoms with Crippen LogP contribution in [-0.2, 0) is 11.2 Å². The molecule has 0 aliphatic rings. The van der Waals surface area contributed by atoms with Crippen molar-refractivity contribution in [3.8, 4) is 0 Å². The van der Waals surface area contributed by atoms with E-state index in [-0.39, 0.29) is 0 Å². The lowest BCUT2D eigenvalue weighted by Crippen LogP contribution is -2.35. The molecule has 6 nitrogen and oxygen atoms in total. The summed E-state index contributed by atoms with van der Waals surface area (Å²) in [6.07, 6.45) is 3.13. The Labute approximate surface area is 120 Å². The van der Waals surface area contributed by atoms with Crippen LogP contribution in [0.1, 0.15) is 39.8 Å². The van der Waals surface area contributed by atoms with Crippen molar-refractivity contribution < 1.29 is 9.53 Å². The molecular formula is C14H24N4O2. The smallest absolute Gasteiger partial charge is 0.407 e. The Kier molecular flexibility index (Phi) is 6.21.